The standard InChI is InChI=1S/C17H23F3NO4P/c1-5-24-26(23,25-6-2)16(21-12(3)22)11-15(16,4)13-7-9-14(10-8-13)17(18,19)20/h7-10H,5-6,11H2,1-4H3,(H,21,22)/t15-,16-/m0/s1. The van der Waals surface area contributed by atoms with Crippen LogP contribution < -0.4 is 5.32 Å². The number of nitrogens with one attached hydrogen (secondary N) is 1. The Morgan fingerprint density at radius 3 is 2.08 bits per heavy atom. The normalized spacial score (nSPS) is 25.8. The summed E-state index contributed by atoms with van der Waals surface area (Å²) < 4.78 is 62.7. The second-order valence-corrected chi connectivity index (χ2v) is 8.73. The highest BCUT2D eigenvalue weighted by molar-refractivity contribution is 7.56. The Morgan fingerprint density at radius 1 is 1.19 bits per heavy atom. The third-order valence-electron chi connectivity index (χ3n) is 4.70. The number of amides is 1. The Bertz CT molecular complexity index is 712. The van der Waals surface area contributed by atoms with Gasteiger partial charge in [0, 0.05) is 12.3 Å². The molecule has 0 saturated heterocycles. The molecule has 1 aromatic carbocycles. The molecule has 0 radical (unpaired) electrons. The number of hydrogen-bond acceptors (Lipinski definition) is 4. The first-order chi connectivity index (χ1) is 12.0. The summed E-state index contributed by atoms with van der Waals surface area (Å²) in [4.78, 5) is 11.8. The van der Waals surface area contributed by atoms with Crippen molar-refractivity contribution in [2.24, 2.45) is 0 Å². The van der Waals surface area contributed by atoms with Gasteiger partial charge in [-0.25, -0.2) is 0 Å². The van der Waals surface area contributed by atoms with E-state index in [4.69, 9.17) is 9.05 Å². The fourth-order valence-electron chi connectivity index (χ4n) is 3.37. The van der Waals surface area contributed by atoms with Gasteiger partial charge in [0.2, 0.25) is 5.91 Å². The zero-order valence-corrected chi connectivity index (χ0v) is 16.0. The molecule has 0 aromatic heterocycles. The molecule has 5 nitrogen and oxygen atoms in total. The molecule has 1 N–H and O–H groups in total. The van der Waals surface area contributed by atoms with Crippen LogP contribution in [-0.4, -0.2) is 24.4 Å². The molecule has 1 amide bonds. The van der Waals surface area contributed by atoms with Gasteiger partial charge in [0.1, 0.15) is 0 Å². The van der Waals surface area contributed by atoms with Gasteiger partial charge >= 0.3 is 13.8 Å². The van der Waals surface area contributed by atoms with Crippen molar-refractivity contribution in [3.8, 4) is 0 Å². The summed E-state index contributed by atoms with van der Waals surface area (Å²) in [6, 6.07) is 4.64. The van der Waals surface area contributed by atoms with Crippen molar-refractivity contribution >= 4 is 13.5 Å². The van der Waals surface area contributed by atoms with Crippen LogP contribution in [0.3, 0.4) is 0 Å². The van der Waals surface area contributed by atoms with Crippen LogP contribution in [0, 0.1) is 0 Å². The summed E-state index contributed by atoms with van der Waals surface area (Å²) in [5.74, 6) is -0.416. The summed E-state index contributed by atoms with van der Waals surface area (Å²) in [5.41, 5.74) is -1.12. The Hall–Kier alpha value is -1.37. The highest BCUT2D eigenvalue weighted by Gasteiger charge is 2.77. The van der Waals surface area contributed by atoms with Crippen LogP contribution in [0.2, 0.25) is 0 Å². The average molecular weight is 393 g/mol. The topological polar surface area (TPSA) is 64.6 Å². The van der Waals surface area contributed by atoms with Gasteiger partial charge in [-0.1, -0.05) is 19.1 Å². The Morgan fingerprint density at radius 2 is 1.69 bits per heavy atom. The monoisotopic (exact) mass is 393 g/mol. The number of carbonyl (C=O) groups is 1. The fourth-order valence-corrected chi connectivity index (χ4v) is 6.11. The van der Waals surface area contributed by atoms with E-state index < -0.39 is 35.9 Å². The SMILES string of the molecule is CCOP(=O)(OCC)[C@@]1(NC(C)=O)C[C@@]1(C)c1ccc(C(F)(F)F)cc1. The summed E-state index contributed by atoms with van der Waals surface area (Å²) in [6.45, 7) is 6.56. The predicted octanol–water partition coefficient (Wildman–Crippen LogP) is 4.47. The molecule has 1 aliphatic rings. The van der Waals surface area contributed by atoms with Crippen LogP contribution in [0.4, 0.5) is 13.2 Å². The minimum absolute atomic E-state index is 0.113. The number of halogens is 3. The van der Waals surface area contributed by atoms with Crippen LogP contribution in [0.5, 0.6) is 0 Å². The molecule has 9 heteroatoms. The minimum atomic E-state index is -4.44. The van der Waals surface area contributed by atoms with Crippen molar-refractivity contribution in [1.82, 2.24) is 5.32 Å². The van der Waals surface area contributed by atoms with Gasteiger partial charge < -0.3 is 14.4 Å². The third-order valence-corrected chi connectivity index (χ3v) is 7.59. The maximum atomic E-state index is 13.4. The highest BCUT2D eigenvalue weighted by atomic mass is 31.2. The van der Waals surface area contributed by atoms with Crippen molar-refractivity contribution in [3.05, 3.63) is 35.4 Å². The van der Waals surface area contributed by atoms with Crippen molar-refractivity contribution < 1.29 is 31.6 Å². The molecule has 1 fully saturated rings. The lowest BCUT2D eigenvalue weighted by Gasteiger charge is -2.31. The zero-order valence-electron chi connectivity index (χ0n) is 15.1. The van der Waals surface area contributed by atoms with E-state index in [-0.39, 0.29) is 19.6 Å². The molecule has 1 aromatic rings. The van der Waals surface area contributed by atoms with Gasteiger partial charge in [-0.3, -0.25) is 9.36 Å². The summed E-state index contributed by atoms with van der Waals surface area (Å²) in [6.07, 6.45) is -4.20. The smallest absolute Gasteiger partial charge is 0.339 e. The van der Waals surface area contributed by atoms with Gasteiger partial charge in [-0.2, -0.15) is 13.2 Å². The number of carbonyl (C=O) groups excluding carboxylic acids is 1. The first kappa shape index (κ1) is 20.9. The van der Waals surface area contributed by atoms with Crippen molar-refractivity contribution in [2.75, 3.05) is 13.2 Å². The second kappa shape index (κ2) is 6.98. The van der Waals surface area contributed by atoms with Gasteiger partial charge in [0.05, 0.1) is 18.8 Å². The highest BCUT2D eigenvalue weighted by Crippen LogP contribution is 2.78. The minimum Gasteiger partial charge on any atom is -0.339 e. The lowest BCUT2D eigenvalue weighted by atomic mass is 9.96. The summed E-state index contributed by atoms with van der Waals surface area (Å²) in [7, 11) is -3.75. The maximum Gasteiger partial charge on any atom is 0.416 e. The zero-order chi connectivity index (χ0) is 19.8. The molecule has 0 unspecified atom stereocenters. The quantitative estimate of drug-likeness (QED) is 0.695. The lowest BCUT2D eigenvalue weighted by Crippen LogP contribution is -2.42. The fraction of sp³-hybridized carbons (Fsp3) is 0.588. The third kappa shape index (κ3) is 3.42. The van der Waals surface area contributed by atoms with Gasteiger partial charge in [0.15, 0.2) is 5.28 Å². The van der Waals surface area contributed by atoms with Crippen LogP contribution in [-0.2, 0) is 30.0 Å². The van der Waals surface area contributed by atoms with Crippen molar-refractivity contribution in [3.63, 3.8) is 0 Å². The molecular formula is C17H23F3NO4P. The van der Waals surface area contributed by atoms with Gasteiger partial charge in [-0.15, -0.1) is 0 Å². The average Bonchev–Trinajstić information content (AvgIpc) is 3.14. The Labute approximate surface area is 150 Å². The van der Waals surface area contributed by atoms with Crippen LogP contribution in [0.15, 0.2) is 24.3 Å². The van der Waals surface area contributed by atoms with E-state index in [0.29, 0.717) is 5.56 Å². The molecule has 0 bridgehead atoms. The van der Waals surface area contributed by atoms with Crippen LogP contribution >= 0.6 is 7.60 Å². The molecule has 2 rings (SSSR count). The first-order valence-electron chi connectivity index (χ1n) is 8.31. The van der Waals surface area contributed by atoms with E-state index in [0.717, 1.165) is 12.1 Å². The van der Waals surface area contributed by atoms with Crippen LogP contribution in [0.1, 0.15) is 45.2 Å². The first-order valence-corrected chi connectivity index (χ1v) is 9.86. The van der Waals surface area contributed by atoms with E-state index >= 15 is 0 Å². The largest absolute Gasteiger partial charge is 0.416 e. The van der Waals surface area contributed by atoms with E-state index in [2.05, 4.69) is 5.32 Å². The number of benzene rings is 1. The molecular weight excluding hydrogens is 370 g/mol. The molecule has 2 atom stereocenters. The molecule has 26 heavy (non-hydrogen) atoms. The second-order valence-electron chi connectivity index (χ2n) is 6.46. The Kier molecular flexibility index (Phi) is 5.62. The predicted molar refractivity (Wildman–Crippen MR) is 90.8 cm³/mol. The lowest BCUT2D eigenvalue weighted by molar-refractivity contribution is -0.137. The van der Waals surface area contributed by atoms with E-state index in [1.54, 1.807) is 20.8 Å². The van der Waals surface area contributed by atoms with Gasteiger partial charge in [-0.05, 0) is 38.0 Å². The van der Waals surface area contributed by atoms with Crippen molar-refractivity contribution in [1.29, 1.82) is 0 Å². The van der Waals surface area contributed by atoms with Crippen LogP contribution in [0.25, 0.3) is 0 Å². The van der Waals surface area contributed by atoms with Gasteiger partial charge in [0.25, 0.3) is 0 Å². The Balaban J connectivity index is 2.47. The summed E-state index contributed by atoms with van der Waals surface area (Å²) in [5, 5.41) is 1.39. The van der Waals surface area contributed by atoms with E-state index in [1.165, 1.54) is 19.1 Å². The number of hydrogen-bond donors (Lipinski definition) is 1. The summed E-state index contributed by atoms with van der Waals surface area (Å²) >= 11 is 0. The molecule has 0 heterocycles. The molecule has 0 aliphatic heterocycles. The number of alkyl halides is 3. The van der Waals surface area contributed by atoms with E-state index in [9.17, 15) is 22.5 Å². The maximum absolute atomic E-state index is 13.4. The molecule has 1 aliphatic carbocycles. The molecule has 146 valence electrons. The molecule has 1 saturated carbocycles. The molecule has 0 spiro atoms. The van der Waals surface area contributed by atoms with Crippen molar-refractivity contribution in [2.45, 2.75) is 51.0 Å². The van der Waals surface area contributed by atoms with E-state index in [1.807, 2.05) is 0 Å². The number of rotatable bonds is 7.